The second-order valence-electron chi connectivity index (χ2n) is 4.67. The predicted molar refractivity (Wildman–Crippen MR) is 85.5 cm³/mol. The van der Waals surface area contributed by atoms with Crippen LogP contribution in [-0.2, 0) is 13.5 Å². The monoisotopic (exact) mass is 262 g/mol. The molecular weight excluding hydrogens is 242 g/mol. The normalized spacial score (nSPS) is 9.65. The SMILES string of the molecule is C=CCc1cccc2ccccc12.C[n+]1ccccc1. The van der Waals surface area contributed by atoms with Crippen LogP contribution < -0.4 is 4.57 Å². The van der Waals surface area contributed by atoms with E-state index < -0.39 is 0 Å². The molecule has 3 aromatic rings. The molecule has 1 heterocycles. The van der Waals surface area contributed by atoms with Gasteiger partial charge in [0.1, 0.15) is 7.05 Å². The van der Waals surface area contributed by atoms with Gasteiger partial charge in [0.05, 0.1) is 0 Å². The average molecular weight is 262 g/mol. The minimum atomic E-state index is 0.946. The van der Waals surface area contributed by atoms with E-state index in [-0.39, 0.29) is 0 Å². The summed E-state index contributed by atoms with van der Waals surface area (Å²) in [5.74, 6) is 0. The molecule has 0 spiro atoms. The first kappa shape index (κ1) is 14.0. The minimum absolute atomic E-state index is 0.946. The quantitative estimate of drug-likeness (QED) is 0.484. The molecule has 0 saturated heterocycles. The van der Waals surface area contributed by atoms with Gasteiger partial charge in [-0.05, 0) is 22.8 Å². The molecule has 0 amide bonds. The predicted octanol–water partition coefficient (Wildman–Crippen LogP) is 4.08. The van der Waals surface area contributed by atoms with Crippen molar-refractivity contribution in [3.05, 3.63) is 91.3 Å². The Balaban J connectivity index is 0.000000178. The highest BCUT2D eigenvalue weighted by atomic mass is 14.9. The van der Waals surface area contributed by atoms with Gasteiger partial charge < -0.3 is 0 Å². The van der Waals surface area contributed by atoms with E-state index in [9.17, 15) is 0 Å². The third-order valence-corrected chi connectivity index (χ3v) is 3.11. The topological polar surface area (TPSA) is 3.88 Å². The van der Waals surface area contributed by atoms with Gasteiger partial charge in [0.25, 0.3) is 0 Å². The fraction of sp³-hybridized carbons (Fsp3) is 0.105. The molecule has 0 radical (unpaired) electrons. The molecule has 1 heteroatoms. The summed E-state index contributed by atoms with van der Waals surface area (Å²) in [5, 5.41) is 2.65. The van der Waals surface area contributed by atoms with Crippen molar-refractivity contribution >= 4 is 10.8 Å². The number of nitrogens with zero attached hydrogens (tertiary/aromatic N) is 1. The smallest absolute Gasteiger partial charge is 0.168 e. The summed E-state index contributed by atoms with van der Waals surface area (Å²) in [6.45, 7) is 3.76. The van der Waals surface area contributed by atoms with Gasteiger partial charge in [-0.25, -0.2) is 4.57 Å². The molecule has 0 aliphatic heterocycles. The molecule has 0 unspecified atom stereocenters. The highest BCUT2D eigenvalue weighted by Gasteiger charge is 1.96. The van der Waals surface area contributed by atoms with Crippen LogP contribution in [0.2, 0.25) is 0 Å². The molecule has 0 fully saturated rings. The van der Waals surface area contributed by atoms with Crippen LogP contribution in [-0.4, -0.2) is 0 Å². The summed E-state index contributed by atoms with van der Waals surface area (Å²) >= 11 is 0. The molecule has 0 bridgehead atoms. The van der Waals surface area contributed by atoms with Crippen molar-refractivity contribution in [2.75, 3.05) is 0 Å². The lowest BCUT2D eigenvalue weighted by molar-refractivity contribution is -0.671. The second kappa shape index (κ2) is 7.25. The maximum absolute atomic E-state index is 3.76. The van der Waals surface area contributed by atoms with Crippen molar-refractivity contribution < 1.29 is 4.57 Å². The zero-order chi connectivity index (χ0) is 14.2. The number of benzene rings is 2. The number of hydrogen-bond donors (Lipinski definition) is 0. The van der Waals surface area contributed by atoms with E-state index in [2.05, 4.69) is 49.0 Å². The van der Waals surface area contributed by atoms with Gasteiger partial charge >= 0.3 is 0 Å². The number of aromatic nitrogens is 1. The lowest BCUT2D eigenvalue weighted by atomic mass is 10.0. The molecule has 0 aliphatic rings. The van der Waals surface area contributed by atoms with Crippen molar-refractivity contribution in [2.45, 2.75) is 6.42 Å². The van der Waals surface area contributed by atoms with Gasteiger partial charge in [-0.15, -0.1) is 6.58 Å². The van der Waals surface area contributed by atoms with Gasteiger partial charge in [-0.1, -0.05) is 54.6 Å². The van der Waals surface area contributed by atoms with Crippen LogP contribution >= 0.6 is 0 Å². The maximum Gasteiger partial charge on any atom is 0.168 e. The van der Waals surface area contributed by atoms with Crippen molar-refractivity contribution in [1.82, 2.24) is 0 Å². The van der Waals surface area contributed by atoms with Crippen LogP contribution in [0.3, 0.4) is 0 Å². The molecule has 1 aromatic heterocycles. The Morgan fingerprint density at radius 1 is 0.900 bits per heavy atom. The molecule has 0 N–H and O–H groups in total. The molecule has 20 heavy (non-hydrogen) atoms. The standard InChI is InChI=1S/C13H12.C6H8N/c1-2-6-11-8-5-9-12-7-3-4-10-13(11)12;1-7-5-3-2-4-6-7/h2-5,7-10H,1,6H2;2-6H,1H3/q;+1. The first-order valence-electron chi connectivity index (χ1n) is 6.79. The highest BCUT2D eigenvalue weighted by molar-refractivity contribution is 5.85. The highest BCUT2D eigenvalue weighted by Crippen LogP contribution is 2.18. The van der Waals surface area contributed by atoms with Gasteiger partial charge in [0.2, 0.25) is 0 Å². The molecule has 0 atom stereocenters. The molecule has 2 aromatic carbocycles. The third kappa shape index (κ3) is 3.79. The lowest BCUT2D eigenvalue weighted by Crippen LogP contribution is -2.25. The van der Waals surface area contributed by atoms with Crippen molar-refractivity contribution in [3.63, 3.8) is 0 Å². The molecule has 1 nitrogen and oxygen atoms in total. The number of rotatable bonds is 2. The molecule has 0 aliphatic carbocycles. The Morgan fingerprint density at radius 2 is 1.60 bits per heavy atom. The van der Waals surface area contributed by atoms with E-state index in [0.717, 1.165) is 6.42 Å². The van der Waals surface area contributed by atoms with Crippen LogP contribution in [0.1, 0.15) is 5.56 Å². The lowest BCUT2D eigenvalue weighted by Gasteiger charge is -2.02. The molecule has 3 rings (SSSR count). The second-order valence-corrected chi connectivity index (χ2v) is 4.67. The van der Waals surface area contributed by atoms with Crippen molar-refractivity contribution in [2.24, 2.45) is 7.05 Å². The number of aryl methyl sites for hydroxylation is 1. The fourth-order valence-corrected chi connectivity index (χ4v) is 2.11. The van der Waals surface area contributed by atoms with Crippen LogP contribution in [0.4, 0.5) is 0 Å². The summed E-state index contributed by atoms with van der Waals surface area (Å²) in [7, 11) is 2.00. The first-order valence-corrected chi connectivity index (χ1v) is 6.79. The number of allylic oxidation sites excluding steroid dienone is 1. The Bertz CT molecular complexity index is 666. The average Bonchev–Trinajstić information content (AvgIpc) is 2.49. The molecular formula is C19H20N+. The number of hydrogen-bond acceptors (Lipinski definition) is 0. The zero-order valence-electron chi connectivity index (χ0n) is 11.9. The van der Waals surface area contributed by atoms with Crippen LogP contribution in [0.5, 0.6) is 0 Å². The van der Waals surface area contributed by atoms with Gasteiger partial charge in [0.15, 0.2) is 12.4 Å². The van der Waals surface area contributed by atoms with Crippen LogP contribution in [0.15, 0.2) is 85.7 Å². The van der Waals surface area contributed by atoms with Gasteiger partial charge in [-0.3, -0.25) is 0 Å². The van der Waals surface area contributed by atoms with Crippen molar-refractivity contribution in [3.8, 4) is 0 Å². The van der Waals surface area contributed by atoms with E-state index in [1.807, 2.05) is 48.3 Å². The molecule has 0 saturated carbocycles. The number of pyridine rings is 1. The van der Waals surface area contributed by atoms with Crippen LogP contribution in [0.25, 0.3) is 10.8 Å². The maximum atomic E-state index is 3.76. The van der Waals surface area contributed by atoms with E-state index >= 15 is 0 Å². The van der Waals surface area contributed by atoms with E-state index in [0.29, 0.717) is 0 Å². The van der Waals surface area contributed by atoms with Crippen molar-refractivity contribution in [1.29, 1.82) is 0 Å². The fourth-order valence-electron chi connectivity index (χ4n) is 2.11. The van der Waals surface area contributed by atoms with E-state index in [1.54, 1.807) is 0 Å². The van der Waals surface area contributed by atoms with Crippen LogP contribution in [0, 0.1) is 0 Å². The number of fused-ring (bicyclic) bond motifs is 1. The minimum Gasteiger partial charge on any atom is -0.208 e. The summed E-state index contributed by atoms with van der Waals surface area (Å²) in [6.07, 6.45) is 6.89. The summed E-state index contributed by atoms with van der Waals surface area (Å²) < 4.78 is 2.00. The first-order chi connectivity index (χ1) is 9.81. The third-order valence-electron chi connectivity index (χ3n) is 3.11. The Kier molecular flexibility index (Phi) is 5.08. The summed E-state index contributed by atoms with van der Waals surface area (Å²) in [5.41, 5.74) is 1.35. The zero-order valence-corrected chi connectivity index (χ0v) is 11.9. The van der Waals surface area contributed by atoms with E-state index in [4.69, 9.17) is 0 Å². The van der Waals surface area contributed by atoms with Gasteiger partial charge in [-0.2, -0.15) is 0 Å². The Morgan fingerprint density at radius 3 is 2.25 bits per heavy atom. The van der Waals surface area contributed by atoms with Gasteiger partial charge in [0, 0.05) is 12.1 Å². The summed E-state index contributed by atoms with van der Waals surface area (Å²) in [4.78, 5) is 0. The summed E-state index contributed by atoms with van der Waals surface area (Å²) in [6, 6.07) is 20.8. The largest absolute Gasteiger partial charge is 0.208 e. The Hall–Kier alpha value is -2.41. The Labute approximate surface area is 120 Å². The van der Waals surface area contributed by atoms with E-state index in [1.165, 1.54) is 16.3 Å². The molecule has 100 valence electrons.